The van der Waals surface area contributed by atoms with Crippen LogP contribution >= 0.6 is 0 Å². The topological polar surface area (TPSA) is 43.1 Å². The van der Waals surface area contributed by atoms with Crippen LogP contribution in [0.15, 0.2) is 54.6 Å². The molecule has 0 aliphatic heterocycles. The van der Waals surface area contributed by atoms with E-state index in [9.17, 15) is 4.79 Å². The predicted octanol–water partition coefficient (Wildman–Crippen LogP) is 4.30. The molecular weight excluding hydrogens is 258 g/mol. The summed E-state index contributed by atoms with van der Waals surface area (Å²) in [6, 6.07) is 17.9. The molecule has 0 atom stereocenters. The summed E-state index contributed by atoms with van der Waals surface area (Å²) in [7, 11) is 0. The second-order valence-electron chi connectivity index (χ2n) is 6.62. The van der Waals surface area contributed by atoms with Crippen molar-refractivity contribution in [2.75, 3.05) is 0 Å². The molecule has 0 radical (unpaired) electrons. The standard InChI is InChI=1S/C19H23NO/c1-18(2,19(3,4)20)17(21)16-12-10-15(11-13-16)14-8-6-5-7-9-14/h5-13H,20H2,1-4H3. The van der Waals surface area contributed by atoms with Crippen LogP contribution in [-0.2, 0) is 0 Å². The molecule has 0 aliphatic carbocycles. The van der Waals surface area contributed by atoms with E-state index in [1.165, 1.54) is 0 Å². The third kappa shape index (κ3) is 3.06. The van der Waals surface area contributed by atoms with E-state index >= 15 is 0 Å². The number of hydrogen-bond donors (Lipinski definition) is 1. The number of nitrogens with two attached hydrogens (primary N) is 1. The van der Waals surface area contributed by atoms with Crippen molar-refractivity contribution in [3.8, 4) is 11.1 Å². The molecule has 2 rings (SSSR count). The molecule has 0 fully saturated rings. The van der Waals surface area contributed by atoms with Crippen LogP contribution in [-0.4, -0.2) is 11.3 Å². The van der Waals surface area contributed by atoms with Crippen LogP contribution in [0.25, 0.3) is 11.1 Å². The molecular formula is C19H23NO. The van der Waals surface area contributed by atoms with E-state index in [1.54, 1.807) is 0 Å². The normalized spacial score (nSPS) is 12.2. The Balaban J connectivity index is 2.30. The van der Waals surface area contributed by atoms with Gasteiger partial charge < -0.3 is 5.73 Å². The van der Waals surface area contributed by atoms with Crippen molar-refractivity contribution in [3.05, 3.63) is 60.2 Å². The van der Waals surface area contributed by atoms with E-state index < -0.39 is 11.0 Å². The van der Waals surface area contributed by atoms with Crippen molar-refractivity contribution in [1.29, 1.82) is 0 Å². The second-order valence-corrected chi connectivity index (χ2v) is 6.62. The highest BCUT2D eigenvalue weighted by atomic mass is 16.1. The molecule has 2 aromatic carbocycles. The number of benzene rings is 2. The van der Waals surface area contributed by atoms with E-state index in [2.05, 4.69) is 12.1 Å². The average molecular weight is 281 g/mol. The smallest absolute Gasteiger partial charge is 0.170 e. The summed E-state index contributed by atoms with van der Waals surface area (Å²) in [5.41, 5.74) is 7.94. The monoisotopic (exact) mass is 281 g/mol. The Labute approximate surface area is 127 Å². The lowest BCUT2D eigenvalue weighted by Gasteiger charge is -2.37. The van der Waals surface area contributed by atoms with Crippen molar-refractivity contribution in [2.24, 2.45) is 11.1 Å². The third-order valence-corrected chi connectivity index (χ3v) is 4.43. The summed E-state index contributed by atoms with van der Waals surface area (Å²) in [5.74, 6) is 0.0783. The lowest BCUT2D eigenvalue weighted by molar-refractivity contribution is 0.0735. The Morgan fingerprint density at radius 2 is 1.29 bits per heavy atom. The van der Waals surface area contributed by atoms with Crippen molar-refractivity contribution < 1.29 is 4.79 Å². The summed E-state index contributed by atoms with van der Waals surface area (Å²) in [4.78, 5) is 12.7. The van der Waals surface area contributed by atoms with Crippen molar-refractivity contribution in [2.45, 2.75) is 33.2 Å². The molecule has 0 amide bonds. The third-order valence-electron chi connectivity index (χ3n) is 4.43. The molecule has 110 valence electrons. The fourth-order valence-electron chi connectivity index (χ4n) is 2.10. The van der Waals surface area contributed by atoms with Crippen LogP contribution in [0.5, 0.6) is 0 Å². The van der Waals surface area contributed by atoms with E-state index in [-0.39, 0.29) is 5.78 Å². The number of Topliss-reactive ketones (excluding diaryl/α,β-unsaturated/α-hetero) is 1. The molecule has 0 spiro atoms. The van der Waals surface area contributed by atoms with Crippen LogP contribution < -0.4 is 5.73 Å². The lowest BCUT2D eigenvalue weighted by Crippen LogP contribution is -2.51. The minimum atomic E-state index is -0.610. The molecule has 0 saturated carbocycles. The molecule has 0 heterocycles. The van der Waals surface area contributed by atoms with Crippen LogP contribution in [0.3, 0.4) is 0 Å². The van der Waals surface area contributed by atoms with Gasteiger partial charge in [-0.15, -0.1) is 0 Å². The van der Waals surface area contributed by atoms with Gasteiger partial charge in [-0.2, -0.15) is 0 Å². The van der Waals surface area contributed by atoms with Crippen molar-refractivity contribution >= 4 is 5.78 Å². The number of carbonyl (C=O) groups excluding carboxylic acids is 1. The first-order valence-electron chi connectivity index (χ1n) is 7.22. The number of hydrogen-bond acceptors (Lipinski definition) is 2. The molecule has 2 nitrogen and oxygen atoms in total. The molecule has 2 N–H and O–H groups in total. The van der Waals surface area contributed by atoms with Crippen molar-refractivity contribution in [1.82, 2.24) is 0 Å². The minimum Gasteiger partial charge on any atom is -0.325 e. The van der Waals surface area contributed by atoms with Gasteiger partial charge in [0.15, 0.2) is 5.78 Å². The summed E-state index contributed by atoms with van der Waals surface area (Å²) in [5, 5.41) is 0. The van der Waals surface area contributed by atoms with E-state index in [4.69, 9.17) is 5.73 Å². The van der Waals surface area contributed by atoms with Crippen LogP contribution in [0.2, 0.25) is 0 Å². The molecule has 2 heteroatoms. The van der Waals surface area contributed by atoms with E-state index in [0.717, 1.165) is 11.1 Å². The molecule has 21 heavy (non-hydrogen) atoms. The fraction of sp³-hybridized carbons (Fsp3) is 0.316. The SMILES string of the molecule is CC(C)(N)C(C)(C)C(=O)c1ccc(-c2ccccc2)cc1. The maximum atomic E-state index is 12.7. The Morgan fingerprint density at radius 3 is 1.76 bits per heavy atom. The average Bonchev–Trinajstić information content (AvgIpc) is 2.46. The van der Waals surface area contributed by atoms with Crippen molar-refractivity contribution in [3.63, 3.8) is 0 Å². The quantitative estimate of drug-likeness (QED) is 0.849. The number of carbonyl (C=O) groups is 1. The predicted molar refractivity (Wildman–Crippen MR) is 88.3 cm³/mol. The highest BCUT2D eigenvalue weighted by molar-refractivity contribution is 6.01. The molecule has 0 aliphatic rings. The number of rotatable bonds is 4. The Bertz CT molecular complexity index is 619. The van der Waals surface area contributed by atoms with Gasteiger partial charge in [-0.25, -0.2) is 0 Å². The van der Waals surface area contributed by atoms with E-state index in [0.29, 0.717) is 5.56 Å². The lowest BCUT2D eigenvalue weighted by atomic mass is 9.70. The van der Waals surface area contributed by atoms with Gasteiger partial charge in [0.2, 0.25) is 0 Å². The molecule has 0 aromatic heterocycles. The van der Waals surface area contributed by atoms with Crippen LogP contribution in [0.4, 0.5) is 0 Å². The van der Waals surface area contributed by atoms with Crippen LogP contribution in [0.1, 0.15) is 38.1 Å². The highest BCUT2D eigenvalue weighted by Crippen LogP contribution is 2.32. The maximum Gasteiger partial charge on any atom is 0.170 e. The largest absolute Gasteiger partial charge is 0.325 e. The zero-order valence-electron chi connectivity index (χ0n) is 13.2. The van der Waals surface area contributed by atoms with Gasteiger partial charge in [0, 0.05) is 16.5 Å². The van der Waals surface area contributed by atoms with Gasteiger partial charge >= 0.3 is 0 Å². The first-order chi connectivity index (χ1) is 9.73. The van der Waals surface area contributed by atoms with Gasteiger partial charge in [0.05, 0.1) is 0 Å². The zero-order valence-corrected chi connectivity index (χ0v) is 13.2. The molecule has 0 saturated heterocycles. The maximum absolute atomic E-state index is 12.7. The second kappa shape index (κ2) is 5.45. The van der Waals surface area contributed by atoms with E-state index in [1.807, 2.05) is 70.2 Å². The van der Waals surface area contributed by atoms with Gasteiger partial charge in [-0.3, -0.25) is 4.79 Å². The first-order valence-corrected chi connectivity index (χ1v) is 7.22. The first kappa shape index (κ1) is 15.5. The van der Waals surface area contributed by atoms with Gasteiger partial charge in [-0.1, -0.05) is 68.4 Å². The Hall–Kier alpha value is -1.93. The molecule has 2 aromatic rings. The summed E-state index contributed by atoms with van der Waals surface area (Å²) in [6.45, 7) is 7.59. The Morgan fingerprint density at radius 1 is 0.810 bits per heavy atom. The minimum absolute atomic E-state index is 0.0783. The van der Waals surface area contributed by atoms with Gasteiger partial charge in [0.25, 0.3) is 0 Å². The van der Waals surface area contributed by atoms with Crippen LogP contribution in [0, 0.1) is 5.41 Å². The number of ketones is 1. The molecule has 0 unspecified atom stereocenters. The molecule has 0 bridgehead atoms. The summed E-state index contributed by atoms with van der Waals surface area (Å²) < 4.78 is 0. The fourth-order valence-corrected chi connectivity index (χ4v) is 2.10. The van der Waals surface area contributed by atoms with Gasteiger partial charge in [0.1, 0.15) is 0 Å². The Kier molecular flexibility index (Phi) is 4.02. The zero-order chi connectivity index (χ0) is 15.7. The van der Waals surface area contributed by atoms with Gasteiger partial charge in [-0.05, 0) is 25.0 Å². The summed E-state index contributed by atoms with van der Waals surface area (Å²) >= 11 is 0. The highest BCUT2D eigenvalue weighted by Gasteiger charge is 2.40. The summed E-state index contributed by atoms with van der Waals surface area (Å²) in [6.07, 6.45) is 0.